The first-order valence-electron chi connectivity index (χ1n) is 11.4. The quantitative estimate of drug-likeness (QED) is 0.684. The fourth-order valence-electron chi connectivity index (χ4n) is 6.04. The van der Waals surface area contributed by atoms with Gasteiger partial charge >= 0.3 is 12.2 Å². The summed E-state index contributed by atoms with van der Waals surface area (Å²) < 4.78 is 40.2. The maximum atomic E-state index is 13.4. The number of likely N-dealkylation sites (tertiary alicyclic amines) is 1. The minimum Gasteiger partial charge on any atom is -0.321 e. The predicted octanol–water partition coefficient (Wildman–Crippen LogP) is 5.60. The molecule has 2 amide bonds. The molecular formula is C23H32F3N3O. The Morgan fingerprint density at radius 2 is 1.90 bits per heavy atom. The number of piperidine rings is 3. The molecular weight excluding hydrogens is 391 g/mol. The molecule has 1 N–H and O–H groups in total. The van der Waals surface area contributed by atoms with Crippen molar-refractivity contribution in [3.63, 3.8) is 0 Å². The van der Waals surface area contributed by atoms with Crippen LogP contribution in [0.15, 0.2) is 24.3 Å². The zero-order valence-corrected chi connectivity index (χ0v) is 17.6. The summed E-state index contributed by atoms with van der Waals surface area (Å²) in [6.07, 6.45) is 2.99. The van der Waals surface area contributed by atoms with Crippen LogP contribution in [0.4, 0.5) is 23.7 Å². The average molecular weight is 424 g/mol. The summed E-state index contributed by atoms with van der Waals surface area (Å²) in [5.74, 6) is 0.846. The minimum absolute atomic E-state index is 0.102. The number of hydrogen-bond acceptors (Lipinski definition) is 2. The third-order valence-corrected chi connectivity index (χ3v) is 7.26. The van der Waals surface area contributed by atoms with E-state index in [1.54, 1.807) is 0 Å². The molecule has 0 aromatic heterocycles. The summed E-state index contributed by atoms with van der Waals surface area (Å²) in [6.45, 7) is 5.07. The van der Waals surface area contributed by atoms with Crippen LogP contribution < -0.4 is 5.32 Å². The Hall–Kier alpha value is -1.76. The number of alkyl halides is 3. The zero-order chi connectivity index (χ0) is 21.3. The van der Waals surface area contributed by atoms with Gasteiger partial charge in [-0.05, 0) is 69.2 Å². The van der Waals surface area contributed by atoms with Gasteiger partial charge in [0.15, 0.2) is 0 Å². The Morgan fingerprint density at radius 1 is 1.17 bits per heavy atom. The van der Waals surface area contributed by atoms with Crippen LogP contribution in [0.3, 0.4) is 0 Å². The first-order chi connectivity index (χ1) is 14.4. The smallest absolute Gasteiger partial charge is 0.321 e. The topological polar surface area (TPSA) is 35.6 Å². The first kappa shape index (κ1) is 21.5. The van der Waals surface area contributed by atoms with E-state index in [9.17, 15) is 18.0 Å². The second-order valence-electron chi connectivity index (χ2n) is 9.07. The summed E-state index contributed by atoms with van der Waals surface area (Å²) in [5.41, 5.74) is -0.944. The lowest BCUT2D eigenvalue weighted by molar-refractivity contribution is -0.136. The van der Waals surface area contributed by atoms with Gasteiger partial charge in [-0.1, -0.05) is 31.9 Å². The van der Waals surface area contributed by atoms with Gasteiger partial charge in [0.25, 0.3) is 0 Å². The molecule has 4 atom stereocenters. The van der Waals surface area contributed by atoms with Gasteiger partial charge in [0.05, 0.1) is 11.3 Å². The van der Waals surface area contributed by atoms with Crippen molar-refractivity contribution in [2.45, 2.75) is 70.1 Å². The molecule has 0 bridgehead atoms. The van der Waals surface area contributed by atoms with Crippen LogP contribution in [0.5, 0.6) is 0 Å². The Morgan fingerprint density at radius 3 is 2.63 bits per heavy atom. The summed E-state index contributed by atoms with van der Waals surface area (Å²) in [6, 6.07) is 5.51. The van der Waals surface area contributed by atoms with Gasteiger partial charge in [-0.2, -0.15) is 13.2 Å². The van der Waals surface area contributed by atoms with Crippen molar-refractivity contribution < 1.29 is 18.0 Å². The standard InChI is InChI=1S/C23H32F3N3O/c1-2-3-12-20-17-9-7-14-28-13-6-8-16(21(17)28)15-29(20)22(30)27-19-11-5-4-10-18(19)23(24,25)26/h4-5,10-11,16-17,20-21H,2-3,6-9,12-15H2,1H3,(H,27,30)/t16-,17+,20+,21-/m0/s1. The zero-order valence-electron chi connectivity index (χ0n) is 17.6. The van der Waals surface area contributed by atoms with Gasteiger partial charge in [-0.25, -0.2) is 4.79 Å². The van der Waals surface area contributed by atoms with Gasteiger partial charge in [0, 0.05) is 18.6 Å². The van der Waals surface area contributed by atoms with E-state index in [2.05, 4.69) is 17.1 Å². The van der Waals surface area contributed by atoms with Crippen LogP contribution in [0.1, 0.15) is 57.4 Å². The summed E-state index contributed by atoms with van der Waals surface area (Å²) in [4.78, 5) is 17.8. The Balaban J connectivity index is 1.59. The first-order valence-corrected chi connectivity index (χ1v) is 11.4. The van der Waals surface area contributed by atoms with Gasteiger partial charge in [0.2, 0.25) is 0 Å². The van der Waals surface area contributed by atoms with Crippen LogP contribution in [-0.4, -0.2) is 47.5 Å². The van der Waals surface area contributed by atoms with Crippen molar-refractivity contribution >= 4 is 11.7 Å². The molecule has 0 aliphatic carbocycles. The molecule has 4 nitrogen and oxygen atoms in total. The second kappa shape index (κ2) is 8.77. The van der Waals surface area contributed by atoms with E-state index >= 15 is 0 Å². The van der Waals surface area contributed by atoms with Gasteiger partial charge in [-0.15, -0.1) is 0 Å². The van der Waals surface area contributed by atoms with E-state index in [0.717, 1.165) is 64.1 Å². The number of unbranched alkanes of at least 4 members (excludes halogenated alkanes) is 1. The molecule has 0 spiro atoms. The lowest BCUT2D eigenvalue weighted by Crippen LogP contribution is -2.66. The van der Waals surface area contributed by atoms with E-state index in [1.165, 1.54) is 18.2 Å². The van der Waals surface area contributed by atoms with Crippen LogP contribution in [0, 0.1) is 11.8 Å². The molecule has 166 valence electrons. The van der Waals surface area contributed by atoms with Gasteiger partial charge < -0.3 is 10.2 Å². The third-order valence-electron chi connectivity index (χ3n) is 7.26. The number of carbonyl (C=O) groups is 1. The molecule has 30 heavy (non-hydrogen) atoms. The van der Waals surface area contributed by atoms with Crippen molar-refractivity contribution in [2.75, 3.05) is 25.0 Å². The molecule has 3 aliphatic heterocycles. The number of benzene rings is 1. The summed E-state index contributed by atoms with van der Waals surface area (Å²) >= 11 is 0. The SMILES string of the molecule is CCCC[C@@H]1[C@H]2CCCN3CCC[C@@H](CN1C(=O)Nc1ccccc1C(F)(F)F)[C@@H]23. The Bertz CT molecular complexity index is 751. The maximum absolute atomic E-state index is 13.4. The molecule has 4 rings (SSSR count). The minimum atomic E-state index is -4.49. The highest BCUT2D eigenvalue weighted by atomic mass is 19.4. The highest BCUT2D eigenvalue weighted by Gasteiger charge is 2.49. The second-order valence-corrected chi connectivity index (χ2v) is 9.07. The fourth-order valence-corrected chi connectivity index (χ4v) is 6.04. The largest absolute Gasteiger partial charge is 0.418 e. The number of nitrogens with zero attached hydrogens (tertiary/aromatic N) is 2. The van der Waals surface area contributed by atoms with E-state index in [-0.39, 0.29) is 17.8 Å². The monoisotopic (exact) mass is 423 g/mol. The number of urea groups is 1. The van der Waals surface area contributed by atoms with E-state index < -0.39 is 11.7 Å². The normalized spacial score (nSPS) is 29.4. The number of hydrogen-bond donors (Lipinski definition) is 1. The Kier molecular flexibility index (Phi) is 6.28. The molecule has 3 saturated heterocycles. The van der Waals surface area contributed by atoms with Crippen LogP contribution in [-0.2, 0) is 6.18 Å². The van der Waals surface area contributed by atoms with Crippen LogP contribution in [0.25, 0.3) is 0 Å². The number of anilines is 1. The molecule has 3 fully saturated rings. The van der Waals surface area contributed by atoms with Gasteiger partial charge in [-0.3, -0.25) is 4.90 Å². The van der Waals surface area contributed by atoms with Crippen LogP contribution >= 0.6 is 0 Å². The highest BCUT2D eigenvalue weighted by Crippen LogP contribution is 2.43. The molecule has 0 unspecified atom stereocenters. The van der Waals surface area contributed by atoms with Crippen molar-refractivity contribution in [1.29, 1.82) is 0 Å². The lowest BCUT2D eigenvalue weighted by Gasteiger charge is -2.57. The van der Waals surface area contributed by atoms with Crippen molar-refractivity contribution in [1.82, 2.24) is 9.80 Å². The lowest BCUT2D eigenvalue weighted by atomic mass is 9.69. The molecule has 3 heterocycles. The van der Waals surface area contributed by atoms with E-state index in [4.69, 9.17) is 0 Å². The summed E-state index contributed by atoms with van der Waals surface area (Å²) in [5, 5.41) is 2.62. The molecule has 1 aromatic rings. The fraction of sp³-hybridized carbons (Fsp3) is 0.696. The molecule has 1 aromatic carbocycles. The maximum Gasteiger partial charge on any atom is 0.418 e. The van der Waals surface area contributed by atoms with E-state index in [1.807, 2.05) is 4.90 Å². The Labute approximate surface area is 176 Å². The average Bonchev–Trinajstić information content (AvgIpc) is 2.73. The van der Waals surface area contributed by atoms with Crippen LogP contribution in [0.2, 0.25) is 0 Å². The number of nitrogens with one attached hydrogen (secondary N) is 1. The number of para-hydroxylation sites is 1. The number of carbonyl (C=O) groups excluding carboxylic acids is 1. The third kappa shape index (κ3) is 4.18. The van der Waals surface area contributed by atoms with Gasteiger partial charge in [0.1, 0.15) is 0 Å². The number of amides is 2. The summed E-state index contributed by atoms with van der Waals surface area (Å²) in [7, 11) is 0. The van der Waals surface area contributed by atoms with Crippen molar-refractivity contribution in [2.24, 2.45) is 11.8 Å². The van der Waals surface area contributed by atoms with Crippen molar-refractivity contribution in [3.05, 3.63) is 29.8 Å². The number of rotatable bonds is 4. The molecule has 3 aliphatic rings. The molecule has 7 heteroatoms. The number of halogens is 3. The predicted molar refractivity (Wildman–Crippen MR) is 111 cm³/mol. The highest BCUT2D eigenvalue weighted by molar-refractivity contribution is 5.90. The van der Waals surface area contributed by atoms with Crippen molar-refractivity contribution in [3.8, 4) is 0 Å². The molecule has 0 radical (unpaired) electrons. The van der Waals surface area contributed by atoms with E-state index in [0.29, 0.717) is 24.4 Å². The molecule has 0 saturated carbocycles.